The lowest BCUT2D eigenvalue weighted by Crippen LogP contribution is -2.50. The molecular formula is C59H59Cl2F3N8O10. The molecule has 10 N–H and O–H groups in total. The van der Waals surface area contributed by atoms with E-state index in [9.17, 15) is 38.4 Å². The number of ether oxygens (including phenoxy) is 2. The van der Waals surface area contributed by atoms with E-state index in [2.05, 4.69) is 31.2 Å². The maximum absolute atomic E-state index is 15.0. The monoisotopic (exact) mass is 1170 g/mol. The van der Waals surface area contributed by atoms with Gasteiger partial charge in [-0.3, -0.25) is 28.8 Å². The third kappa shape index (κ3) is 18.8. The van der Waals surface area contributed by atoms with Crippen LogP contribution in [0.15, 0.2) is 146 Å². The minimum absolute atomic E-state index is 0.00767. The highest BCUT2D eigenvalue weighted by molar-refractivity contribution is 6.43. The zero-order valence-corrected chi connectivity index (χ0v) is 45.7. The van der Waals surface area contributed by atoms with Crippen molar-refractivity contribution in [2.24, 2.45) is 11.5 Å². The molecule has 4 atom stereocenters. The summed E-state index contributed by atoms with van der Waals surface area (Å²) in [6, 6.07) is 27.5. The van der Waals surface area contributed by atoms with Crippen molar-refractivity contribution >= 4 is 70.6 Å². The number of amides is 6. The fourth-order valence-corrected chi connectivity index (χ4v) is 8.93. The van der Waals surface area contributed by atoms with Crippen LogP contribution < -0.4 is 32.7 Å². The van der Waals surface area contributed by atoms with Crippen LogP contribution in [0.4, 0.5) is 13.2 Å². The Morgan fingerprint density at radius 3 is 1.52 bits per heavy atom. The van der Waals surface area contributed by atoms with Crippen LogP contribution in [-0.2, 0) is 63.7 Å². The zero-order chi connectivity index (χ0) is 59.3. The topological polar surface area (TPSA) is 287 Å². The fraction of sp³-hybridized carbons (Fsp3) is 0.254. The summed E-state index contributed by atoms with van der Waals surface area (Å²) in [5.74, 6) is -5.95. The van der Waals surface area contributed by atoms with E-state index >= 15 is 13.2 Å². The van der Waals surface area contributed by atoms with Gasteiger partial charge in [-0.15, -0.1) is 0 Å². The number of carbonyl (C=O) groups excluding carboxylic acids is 8. The van der Waals surface area contributed by atoms with Crippen LogP contribution >= 0.6 is 23.2 Å². The minimum atomic E-state index is -4.95. The van der Waals surface area contributed by atoms with Crippen LogP contribution in [0.25, 0.3) is 22.5 Å². The Balaban J connectivity index is 1.13. The molecule has 18 nitrogen and oxygen atoms in total. The third-order valence-electron chi connectivity index (χ3n) is 12.5. The van der Waals surface area contributed by atoms with Crippen LogP contribution in [0, 0.1) is 0 Å². The largest absolute Gasteiger partial charge is 0.463 e. The predicted molar refractivity (Wildman–Crippen MR) is 301 cm³/mol. The number of halogens is 5. The molecule has 2 aromatic heterocycles. The zero-order valence-electron chi connectivity index (χ0n) is 44.2. The molecule has 0 aliphatic rings. The number of H-pyrrole nitrogens is 2. The standard InChI is InChI=1S/C59H59Cl2F3N8O10/c1-2-81-51(75)29-21-38(19-27-49(65)73)67-57(79)47(33-35-11-5-3-6-12-35)71-55(77)45-25-23-43(69-45)40-16-9-15-37(53(40)59(62,63)64)31-32-82-52(76)30-22-39(20-28-50(66)74)68-58(80)48(34-36-13-7-4-8-14-36)72-56(78)46-26-24-44(70-46)41-17-10-18-42(60)54(41)61/h3-18,21-26,29-30,38-39,47-48,69-70H,2,19-20,27-28,31-34H2,1H3,(H2,65,73)(H2,66,74)(H,67,79)(H,68,80)(H,71,77)(H,72,78)/b29-21+,30-22+/t38-,39-,47-,48-/m0/s1. The Labute approximate surface area is 479 Å². The molecule has 0 saturated heterocycles. The van der Waals surface area contributed by atoms with Gasteiger partial charge < -0.3 is 52.2 Å². The number of carbonyl (C=O) groups is 8. The second kappa shape index (κ2) is 30.0. The lowest BCUT2D eigenvalue weighted by molar-refractivity contribution is -0.139. The Hall–Kier alpha value is -8.95. The smallest absolute Gasteiger partial charge is 0.417 e. The number of aromatic amines is 2. The van der Waals surface area contributed by atoms with Gasteiger partial charge in [0.25, 0.3) is 11.8 Å². The number of hydrogen-bond acceptors (Lipinski definition) is 10. The molecule has 6 aromatic rings. The van der Waals surface area contributed by atoms with E-state index in [1.807, 2.05) is 0 Å². The van der Waals surface area contributed by atoms with Crippen LogP contribution in [0.1, 0.15) is 75.8 Å². The SMILES string of the molecule is CCOC(=O)/C=C/[C@H](CCC(N)=O)NC(=O)[C@H](Cc1ccccc1)NC(=O)c1ccc(-c2cccc(CCOC(=O)/C=C/[C@H](CCC(N)=O)NC(=O)[C@H](Cc3ccccc3)NC(=O)c3ccc(-c4cccc(Cl)c4Cl)[nH]3)c2C(F)(F)F)[nH]1. The first-order valence-corrected chi connectivity index (χ1v) is 26.5. The van der Waals surface area contributed by atoms with E-state index in [4.69, 9.17) is 44.1 Å². The molecule has 6 amide bonds. The first kappa shape index (κ1) is 62.3. The molecule has 23 heteroatoms. The van der Waals surface area contributed by atoms with Crippen LogP contribution in [0.3, 0.4) is 0 Å². The van der Waals surface area contributed by atoms with Gasteiger partial charge in [0.1, 0.15) is 23.5 Å². The Morgan fingerprint density at radius 1 is 0.585 bits per heavy atom. The molecule has 0 fully saturated rings. The molecule has 0 aliphatic heterocycles. The van der Waals surface area contributed by atoms with Crippen LogP contribution in [-0.4, -0.2) is 94.7 Å². The van der Waals surface area contributed by atoms with Gasteiger partial charge in [0.2, 0.25) is 23.6 Å². The van der Waals surface area contributed by atoms with Crippen LogP contribution in [0.2, 0.25) is 10.0 Å². The number of nitrogens with one attached hydrogen (secondary N) is 6. The van der Waals surface area contributed by atoms with Gasteiger partial charge in [-0.2, -0.15) is 13.2 Å². The predicted octanol–water partition coefficient (Wildman–Crippen LogP) is 7.65. The quantitative estimate of drug-likeness (QED) is 0.0175. The second-order valence-electron chi connectivity index (χ2n) is 18.6. The summed E-state index contributed by atoms with van der Waals surface area (Å²) >= 11 is 12.6. The summed E-state index contributed by atoms with van der Waals surface area (Å²) in [6.45, 7) is 1.17. The van der Waals surface area contributed by atoms with E-state index in [-0.39, 0.29) is 78.4 Å². The molecule has 4 aromatic carbocycles. The van der Waals surface area contributed by atoms with Gasteiger partial charge >= 0.3 is 18.1 Å². The number of rotatable bonds is 28. The molecule has 0 bridgehead atoms. The summed E-state index contributed by atoms with van der Waals surface area (Å²) < 4.78 is 55.3. The van der Waals surface area contributed by atoms with Crippen molar-refractivity contribution in [2.45, 2.75) is 82.2 Å². The lowest BCUT2D eigenvalue weighted by Gasteiger charge is -2.22. The van der Waals surface area contributed by atoms with E-state index in [1.54, 1.807) is 91.9 Å². The number of nitrogens with two attached hydrogens (primary N) is 2. The van der Waals surface area contributed by atoms with Crippen LogP contribution in [0.5, 0.6) is 0 Å². The first-order valence-electron chi connectivity index (χ1n) is 25.8. The van der Waals surface area contributed by atoms with Crippen molar-refractivity contribution < 1.29 is 61.0 Å². The highest BCUT2D eigenvalue weighted by Crippen LogP contribution is 2.40. The number of benzene rings is 4. The Kier molecular flexibility index (Phi) is 22.8. The van der Waals surface area contributed by atoms with E-state index in [0.717, 1.165) is 12.2 Å². The maximum Gasteiger partial charge on any atom is 0.417 e. The fourth-order valence-electron chi connectivity index (χ4n) is 8.52. The van der Waals surface area contributed by atoms with Gasteiger partial charge in [-0.05, 0) is 66.8 Å². The molecule has 0 radical (unpaired) electrons. The van der Waals surface area contributed by atoms with Gasteiger partial charge in [-0.25, -0.2) is 9.59 Å². The number of esters is 2. The first-order chi connectivity index (χ1) is 39.2. The molecule has 82 heavy (non-hydrogen) atoms. The maximum atomic E-state index is 15.0. The van der Waals surface area contributed by atoms with Crippen molar-refractivity contribution in [3.05, 3.63) is 189 Å². The van der Waals surface area contributed by atoms with Crippen molar-refractivity contribution in [1.29, 1.82) is 0 Å². The lowest BCUT2D eigenvalue weighted by atomic mass is 9.96. The van der Waals surface area contributed by atoms with E-state index in [1.165, 1.54) is 48.6 Å². The normalized spacial score (nSPS) is 12.9. The molecule has 6 rings (SSSR count). The van der Waals surface area contributed by atoms with Crippen molar-refractivity contribution in [1.82, 2.24) is 31.2 Å². The summed E-state index contributed by atoms with van der Waals surface area (Å²) in [5.41, 5.74) is 11.3. The number of aromatic nitrogens is 2. The summed E-state index contributed by atoms with van der Waals surface area (Å²) in [5, 5.41) is 11.4. The van der Waals surface area contributed by atoms with Gasteiger partial charge in [0.05, 0.1) is 28.8 Å². The van der Waals surface area contributed by atoms with Gasteiger partial charge in [0, 0.05) is 78.9 Å². The van der Waals surface area contributed by atoms with Gasteiger partial charge in [-0.1, -0.05) is 126 Å². The summed E-state index contributed by atoms with van der Waals surface area (Å²) in [6.07, 6.45) is -1.22. The molecule has 0 spiro atoms. The molecule has 0 saturated carbocycles. The van der Waals surface area contributed by atoms with E-state index in [0.29, 0.717) is 27.4 Å². The summed E-state index contributed by atoms with van der Waals surface area (Å²) in [7, 11) is 0. The van der Waals surface area contributed by atoms with Gasteiger partial charge in [0.15, 0.2) is 0 Å². The second-order valence-corrected chi connectivity index (χ2v) is 19.4. The Morgan fingerprint density at radius 2 is 1.05 bits per heavy atom. The van der Waals surface area contributed by atoms with Crippen molar-refractivity contribution in [3.63, 3.8) is 0 Å². The minimum Gasteiger partial charge on any atom is -0.463 e. The number of alkyl halides is 3. The highest BCUT2D eigenvalue weighted by Gasteiger charge is 2.37. The highest BCUT2D eigenvalue weighted by atomic mass is 35.5. The molecule has 0 aliphatic carbocycles. The average Bonchev–Trinajstić information content (AvgIpc) is 4.22. The van der Waals surface area contributed by atoms with Crippen molar-refractivity contribution in [3.8, 4) is 22.5 Å². The van der Waals surface area contributed by atoms with E-state index < -0.39 is 96.3 Å². The number of primary amides is 2. The third-order valence-corrected chi connectivity index (χ3v) is 13.3. The Bertz CT molecular complexity index is 3290. The number of hydrogen-bond donors (Lipinski definition) is 8. The molecule has 0 unspecified atom stereocenters. The average molecular weight is 1170 g/mol. The molecular weight excluding hydrogens is 1110 g/mol. The van der Waals surface area contributed by atoms with Crippen molar-refractivity contribution in [2.75, 3.05) is 13.2 Å². The molecule has 2 heterocycles. The summed E-state index contributed by atoms with van der Waals surface area (Å²) in [4.78, 5) is 110. The molecule has 430 valence electrons.